The first-order chi connectivity index (χ1) is 9.21. The van der Waals surface area contributed by atoms with Crippen molar-refractivity contribution in [2.24, 2.45) is 5.41 Å². The fourth-order valence-electron chi connectivity index (χ4n) is 2.28. The van der Waals surface area contributed by atoms with Crippen molar-refractivity contribution in [2.45, 2.75) is 32.4 Å². The number of hydrogen-bond acceptors (Lipinski definition) is 2. The van der Waals surface area contributed by atoms with Crippen LogP contribution < -0.4 is 11.1 Å². The van der Waals surface area contributed by atoms with Crippen LogP contribution in [0.15, 0.2) is 18.2 Å². The smallest absolute Gasteiger partial charge is 0.398 e. The molecule has 1 aromatic carbocycles. The van der Waals surface area contributed by atoms with Crippen molar-refractivity contribution in [3.63, 3.8) is 0 Å². The average Bonchev–Trinajstić information content (AvgIpc) is 2.32. The third-order valence-electron chi connectivity index (χ3n) is 3.86. The quantitative estimate of drug-likeness (QED) is 0.838. The van der Waals surface area contributed by atoms with Crippen LogP contribution in [-0.2, 0) is 6.18 Å². The summed E-state index contributed by atoms with van der Waals surface area (Å²) in [6.45, 7) is 2.51. The van der Waals surface area contributed by atoms with Crippen LogP contribution in [0.1, 0.15) is 42.1 Å². The van der Waals surface area contributed by atoms with E-state index >= 15 is 0 Å². The minimum atomic E-state index is -4.48. The molecule has 0 atom stereocenters. The van der Waals surface area contributed by atoms with Crippen LogP contribution in [0.4, 0.5) is 18.9 Å². The van der Waals surface area contributed by atoms with E-state index in [0.29, 0.717) is 6.54 Å². The lowest BCUT2D eigenvalue weighted by Crippen LogP contribution is -2.40. The van der Waals surface area contributed by atoms with E-state index in [4.69, 9.17) is 5.73 Å². The van der Waals surface area contributed by atoms with E-state index in [-0.39, 0.29) is 16.7 Å². The van der Waals surface area contributed by atoms with E-state index in [1.165, 1.54) is 0 Å². The van der Waals surface area contributed by atoms with Gasteiger partial charge in [-0.15, -0.1) is 0 Å². The molecule has 1 aliphatic rings. The average molecular weight is 286 g/mol. The molecule has 3 nitrogen and oxygen atoms in total. The zero-order valence-corrected chi connectivity index (χ0v) is 11.2. The van der Waals surface area contributed by atoms with E-state index in [9.17, 15) is 18.0 Å². The first kappa shape index (κ1) is 14.7. The number of nitrogens with one attached hydrogen (secondary N) is 1. The maximum atomic E-state index is 12.6. The standard InChI is InChI=1S/C14H17F3N2O/c1-13(5-2-6-13)8-19-12(20)10-7-9(14(15,16)17)3-4-11(10)18/h3-4,7H,2,5-6,8,18H2,1H3,(H,19,20). The number of halogens is 3. The van der Waals surface area contributed by atoms with Gasteiger partial charge in [-0.3, -0.25) is 4.79 Å². The molecule has 0 heterocycles. The number of carbonyl (C=O) groups excluding carboxylic acids is 1. The van der Waals surface area contributed by atoms with Crippen molar-refractivity contribution >= 4 is 11.6 Å². The van der Waals surface area contributed by atoms with Crippen molar-refractivity contribution < 1.29 is 18.0 Å². The molecule has 0 aliphatic heterocycles. The van der Waals surface area contributed by atoms with E-state index in [1.54, 1.807) is 0 Å². The molecule has 110 valence electrons. The molecule has 0 aromatic heterocycles. The maximum absolute atomic E-state index is 12.6. The van der Waals surface area contributed by atoms with Gasteiger partial charge in [-0.25, -0.2) is 0 Å². The third-order valence-corrected chi connectivity index (χ3v) is 3.86. The van der Waals surface area contributed by atoms with Crippen molar-refractivity contribution in [1.29, 1.82) is 0 Å². The van der Waals surface area contributed by atoms with Crippen LogP contribution in [0.5, 0.6) is 0 Å². The van der Waals surface area contributed by atoms with Gasteiger partial charge in [-0.1, -0.05) is 13.3 Å². The summed E-state index contributed by atoms with van der Waals surface area (Å²) < 4.78 is 37.9. The molecular formula is C14H17F3N2O. The summed E-state index contributed by atoms with van der Waals surface area (Å²) in [4.78, 5) is 12.0. The van der Waals surface area contributed by atoms with Crippen molar-refractivity contribution in [3.8, 4) is 0 Å². The lowest BCUT2D eigenvalue weighted by atomic mass is 9.70. The first-order valence-corrected chi connectivity index (χ1v) is 6.46. The van der Waals surface area contributed by atoms with Gasteiger partial charge in [0, 0.05) is 12.2 Å². The van der Waals surface area contributed by atoms with Crippen molar-refractivity contribution in [1.82, 2.24) is 5.32 Å². The predicted molar refractivity (Wildman–Crippen MR) is 70.1 cm³/mol. The Morgan fingerprint density at radius 2 is 2.05 bits per heavy atom. The van der Waals surface area contributed by atoms with Crippen molar-refractivity contribution in [3.05, 3.63) is 29.3 Å². The second kappa shape index (κ2) is 5.00. The molecule has 0 bridgehead atoms. The Hall–Kier alpha value is -1.72. The van der Waals surface area contributed by atoms with Gasteiger partial charge in [-0.05, 0) is 36.5 Å². The van der Waals surface area contributed by atoms with E-state index in [1.807, 2.05) is 6.92 Å². The Morgan fingerprint density at radius 3 is 2.55 bits per heavy atom. The number of nitrogen functional groups attached to an aromatic ring is 1. The van der Waals surface area contributed by atoms with Crippen LogP contribution >= 0.6 is 0 Å². The summed E-state index contributed by atoms with van der Waals surface area (Å²) in [5.41, 5.74) is 4.71. The minimum Gasteiger partial charge on any atom is -0.398 e. The Labute approximate surface area is 115 Å². The van der Waals surface area contributed by atoms with Gasteiger partial charge >= 0.3 is 6.18 Å². The van der Waals surface area contributed by atoms with E-state index in [2.05, 4.69) is 5.32 Å². The van der Waals surface area contributed by atoms with Gasteiger partial charge < -0.3 is 11.1 Å². The predicted octanol–water partition coefficient (Wildman–Crippen LogP) is 3.21. The number of amides is 1. The number of rotatable bonds is 3. The van der Waals surface area contributed by atoms with E-state index < -0.39 is 17.6 Å². The zero-order chi connectivity index (χ0) is 15.0. The lowest BCUT2D eigenvalue weighted by molar-refractivity contribution is -0.137. The molecule has 1 amide bonds. The number of nitrogens with two attached hydrogens (primary N) is 1. The van der Waals surface area contributed by atoms with Gasteiger partial charge in [0.05, 0.1) is 11.1 Å². The molecule has 0 unspecified atom stereocenters. The highest BCUT2D eigenvalue weighted by atomic mass is 19.4. The topological polar surface area (TPSA) is 55.1 Å². The number of hydrogen-bond donors (Lipinski definition) is 2. The van der Waals surface area contributed by atoms with E-state index in [0.717, 1.165) is 37.5 Å². The largest absolute Gasteiger partial charge is 0.416 e. The van der Waals surface area contributed by atoms with Crippen LogP contribution in [0.25, 0.3) is 0 Å². The fourth-order valence-corrected chi connectivity index (χ4v) is 2.28. The molecule has 2 rings (SSSR count). The highest BCUT2D eigenvalue weighted by molar-refractivity contribution is 5.99. The van der Waals surface area contributed by atoms with Crippen LogP contribution in [0, 0.1) is 5.41 Å². The number of carbonyl (C=O) groups is 1. The molecule has 0 radical (unpaired) electrons. The van der Waals surface area contributed by atoms with Crippen LogP contribution in [-0.4, -0.2) is 12.5 Å². The Bertz CT molecular complexity index is 522. The van der Waals surface area contributed by atoms with Gasteiger partial charge in [0.2, 0.25) is 0 Å². The molecule has 1 saturated carbocycles. The molecule has 20 heavy (non-hydrogen) atoms. The van der Waals surface area contributed by atoms with Crippen LogP contribution in [0.2, 0.25) is 0 Å². The molecule has 6 heteroatoms. The van der Waals surface area contributed by atoms with Gasteiger partial charge in [0.1, 0.15) is 0 Å². The monoisotopic (exact) mass is 286 g/mol. The minimum absolute atomic E-state index is 0.0502. The lowest BCUT2D eigenvalue weighted by Gasteiger charge is -2.38. The summed E-state index contributed by atoms with van der Waals surface area (Å²) in [5.74, 6) is -0.554. The highest BCUT2D eigenvalue weighted by Crippen LogP contribution is 2.39. The van der Waals surface area contributed by atoms with Crippen molar-refractivity contribution in [2.75, 3.05) is 12.3 Å². The Kier molecular flexibility index (Phi) is 3.67. The summed E-state index contributed by atoms with van der Waals surface area (Å²) in [6, 6.07) is 2.79. The Morgan fingerprint density at radius 1 is 1.40 bits per heavy atom. The first-order valence-electron chi connectivity index (χ1n) is 6.46. The van der Waals surface area contributed by atoms with Gasteiger partial charge in [0.25, 0.3) is 5.91 Å². The number of anilines is 1. The molecule has 1 fully saturated rings. The molecule has 0 spiro atoms. The summed E-state index contributed by atoms with van der Waals surface area (Å²) in [7, 11) is 0. The Balaban J connectivity index is 2.12. The van der Waals surface area contributed by atoms with Gasteiger partial charge in [-0.2, -0.15) is 13.2 Å². The molecule has 1 aliphatic carbocycles. The highest BCUT2D eigenvalue weighted by Gasteiger charge is 2.33. The molecule has 0 saturated heterocycles. The zero-order valence-electron chi connectivity index (χ0n) is 11.2. The second-order valence-corrected chi connectivity index (χ2v) is 5.65. The fraction of sp³-hybridized carbons (Fsp3) is 0.500. The van der Waals surface area contributed by atoms with Crippen LogP contribution in [0.3, 0.4) is 0 Å². The van der Waals surface area contributed by atoms with Gasteiger partial charge in [0.15, 0.2) is 0 Å². The number of alkyl halides is 3. The second-order valence-electron chi connectivity index (χ2n) is 5.65. The molecular weight excluding hydrogens is 269 g/mol. The summed E-state index contributed by atoms with van der Waals surface area (Å²) in [6.07, 6.45) is -1.32. The maximum Gasteiger partial charge on any atom is 0.416 e. The summed E-state index contributed by atoms with van der Waals surface area (Å²) in [5, 5.41) is 2.67. The SMILES string of the molecule is CC1(CNC(=O)c2cc(C(F)(F)F)ccc2N)CCC1. The number of benzene rings is 1. The summed E-state index contributed by atoms with van der Waals surface area (Å²) >= 11 is 0. The molecule has 1 aromatic rings. The normalized spacial score (nSPS) is 17.4. The molecule has 3 N–H and O–H groups in total. The third kappa shape index (κ3) is 3.05.